The predicted molar refractivity (Wildman–Crippen MR) is 78.5 cm³/mol. The lowest BCUT2D eigenvalue weighted by molar-refractivity contribution is -0.0575. The summed E-state index contributed by atoms with van der Waals surface area (Å²) in [4.78, 5) is 7.79. The summed E-state index contributed by atoms with van der Waals surface area (Å²) in [6, 6.07) is 7.48. The molecule has 0 aliphatic carbocycles. The zero-order valence-electron chi connectivity index (χ0n) is 11.0. The molecule has 3 heterocycles. The number of allylic oxidation sites excluding steroid dienone is 2. The molecule has 1 aliphatic rings. The highest BCUT2D eigenvalue weighted by atomic mass is 32.1. The molecule has 108 valence electrons. The van der Waals surface area contributed by atoms with E-state index in [1.807, 2.05) is 36.6 Å². The third-order valence-electron chi connectivity index (χ3n) is 3.06. The van der Waals surface area contributed by atoms with Crippen LogP contribution in [0.1, 0.15) is 16.3 Å². The van der Waals surface area contributed by atoms with Gasteiger partial charge in [0.1, 0.15) is 5.71 Å². The minimum absolute atomic E-state index is 0.326. The normalized spacial score (nSPS) is 17.2. The van der Waals surface area contributed by atoms with Gasteiger partial charge in [0.25, 0.3) is 0 Å². The largest absolute Gasteiger partial charge is 0.433 e. The summed E-state index contributed by atoms with van der Waals surface area (Å²) < 4.78 is 38.2. The van der Waals surface area contributed by atoms with Crippen LogP contribution in [0.4, 0.5) is 13.2 Å². The summed E-state index contributed by atoms with van der Waals surface area (Å²) in [5.74, 6) is 0. The van der Waals surface area contributed by atoms with Gasteiger partial charge in [0.2, 0.25) is 0 Å². The molecular weight excluding hydrogens is 297 g/mol. The monoisotopic (exact) mass is 308 g/mol. The van der Waals surface area contributed by atoms with E-state index in [1.54, 1.807) is 0 Å². The number of aliphatic imine (C=N–C) groups is 1. The van der Waals surface area contributed by atoms with Crippen molar-refractivity contribution in [3.8, 4) is 0 Å². The van der Waals surface area contributed by atoms with Crippen LogP contribution in [0.2, 0.25) is 0 Å². The molecule has 0 unspecified atom stereocenters. The van der Waals surface area contributed by atoms with Crippen molar-refractivity contribution in [3.63, 3.8) is 0 Å². The molecule has 2 nitrogen and oxygen atoms in total. The van der Waals surface area contributed by atoms with Crippen molar-refractivity contribution in [2.75, 3.05) is 0 Å². The molecule has 3 rings (SSSR count). The van der Waals surface area contributed by atoms with Crippen molar-refractivity contribution in [2.24, 2.45) is 4.99 Å². The number of aromatic amines is 1. The van der Waals surface area contributed by atoms with Crippen molar-refractivity contribution in [2.45, 2.75) is 13.1 Å². The Morgan fingerprint density at radius 1 is 1.19 bits per heavy atom. The SMILES string of the molecule is Cc1ccc(C(=C2C=CC(C(F)(F)F)=N2)c2cccs2)[nH]1. The van der Waals surface area contributed by atoms with E-state index in [0.29, 0.717) is 11.3 Å². The fraction of sp³-hybridized carbons (Fsp3) is 0.133. The first-order valence-electron chi connectivity index (χ1n) is 6.23. The van der Waals surface area contributed by atoms with Crippen LogP contribution in [0.25, 0.3) is 5.57 Å². The molecule has 0 amide bonds. The number of nitrogens with one attached hydrogen (secondary N) is 1. The van der Waals surface area contributed by atoms with Gasteiger partial charge in [0.15, 0.2) is 0 Å². The Morgan fingerprint density at radius 3 is 2.52 bits per heavy atom. The van der Waals surface area contributed by atoms with Gasteiger partial charge < -0.3 is 4.98 Å². The summed E-state index contributed by atoms with van der Waals surface area (Å²) in [5.41, 5.74) is 1.86. The highest BCUT2D eigenvalue weighted by molar-refractivity contribution is 7.11. The summed E-state index contributed by atoms with van der Waals surface area (Å²) in [6.45, 7) is 1.90. The second kappa shape index (κ2) is 5.04. The number of hydrogen-bond donors (Lipinski definition) is 1. The van der Waals surface area contributed by atoms with Gasteiger partial charge in [-0.05, 0) is 42.7 Å². The van der Waals surface area contributed by atoms with E-state index in [9.17, 15) is 13.2 Å². The molecule has 0 fully saturated rings. The number of rotatable bonds is 2. The van der Waals surface area contributed by atoms with Crippen molar-refractivity contribution < 1.29 is 13.2 Å². The molecular formula is C15H11F3N2S. The fourth-order valence-corrected chi connectivity index (χ4v) is 2.92. The maximum absolute atomic E-state index is 12.7. The van der Waals surface area contributed by atoms with E-state index in [1.165, 1.54) is 17.4 Å². The molecule has 21 heavy (non-hydrogen) atoms. The van der Waals surface area contributed by atoms with E-state index < -0.39 is 11.9 Å². The van der Waals surface area contributed by atoms with Crippen molar-refractivity contribution in [1.82, 2.24) is 4.98 Å². The second-order valence-electron chi connectivity index (χ2n) is 4.62. The molecule has 0 radical (unpaired) electrons. The van der Waals surface area contributed by atoms with Gasteiger partial charge >= 0.3 is 6.18 Å². The fourth-order valence-electron chi connectivity index (χ4n) is 2.13. The lowest BCUT2D eigenvalue weighted by Gasteiger charge is -2.06. The maximum Gasteiger partial charge on any atom is 0.433 e. The van der Waals surface area contributed by atoms with Gasteiger partial charge in [0.05, 0.1) is 5.70 Å². The quantitative estimate of drug-likeness (QED) is 0.832. The molecule has 2 aromatic heterocycles. The average Bonchev–Trinajstić information content (AvgIpc) is 3.11. The number of aryl methyl sites for hydroxylation is 1. The first-order valence-corrected chi connectivity index (χ1v) is 7.11. The van der Waals surface area contributed by atoms with Crippen LogP contribution in [0.5, 0.6) is 0 Å². The van der Waals surface area contributed by atoms with Crippen molar-refractivity contribution in [3.05, 3.63) is 63.8 Å². The Hall–Kier alpha value is -2.08. The summed E-state index contributed by atoms with van der Waals surface area (Å²) in [5, 5.41) is 1.89. The number of H-pyrrole nitrogens is 1. The Labute approximate surface area is 123 Å². The van der Waals surface area contributed by atoms with Crippen LogP contribution in [0.15, 0.2) is 52.5 Å². The highest BCUT2D eigenvalue weighted by Gasteiger charge is 2.36. The molecule has 0 saturated heterocycles. The average molecular weight is 308 g/mol. The minimum atomic E-state index is -4.43. The predicted octanol–water partition coefficient (Wildman–Crippen LogP) is 4.72. The molecule has 1 aliphatic heterocycles. The summed E-state index contributed by atoms with van der Waals surface area (Å²) in [6.07, 6.45) is -2.00. The number of halogens is 3. The molecule has 0 aromatic carbocycles. The van der Waals surface area contributed by atoms with E-state index in [2.05, 4.69) is 9.98 Å². The number of alkyl halides is 3. The molecule has 0 spiro atoms. The van der Waals surface area contributed by atoms with E-state index in [4.69, 9.17) is 0 Å². The van der Waals surface area contributed by atoms with Crippen LogP contribution >= 0.6 is 11.3 Å². The van der Waals surface area contributed by atoms with Gasteiger partial charge in [-0.3, -0.25) is 0 Å². The van der Waals surface area contributed by atoms with Gasteiger partial charge in [-0.1, -0.05) is 6.07 Å². The number of hydrogen-bond acceptors (Lipinski definition) is 2. The third-order valence-corrected chi connectivity index (χ3v) is 3.94. The zero-order chi connectivity index (χ0) is 15.0. The second-order valence-corrected chi connectivity index (χ2v) is 5.57. The van der Waals surface area contributed by atoms with Crippen LogP contribution in [-0.2, 0) is 0 Å². The standard InChI is InChI=1S/C15H11F3N2S/c1-9-4-5-10(19-9)14(12-3-2-8-21-12)11-6-7-13(20-11)15(16,17)18/h2-8,19H,1H3. The first kappa shape index (κ1) is 13.9. The molecule has 2 aromatic rings. The molecule has 0 saturated carbocycles. The lowest BCUT2D eigenvalue weighted by Crippen LogP contribution is -2.19. The van der Waals surface area contributed by atoms with Crippen LogP contribution in [0, 0.1) is 6.92 Å². The van der Waals surface area contributed by atoms with Crippen molar-refractivity contribution >= 4 is 22.6 Å². The van der Waals surface area contributed by atoms with E-state index >= 15 is 0 Å². The zero-order valence-corrected chi connectivity index (χ0v) is 11.8. The number of thiophene rings is 1. The Morgan fingerprint density at radius 2 is 2.00 bits per heavy atom. The van der Waals surface area contributed by atoms with E-state index in [-0.39, 0.29) is 0 Å². The molecule has 1 N–H and O–H groups in total. The Bertz CT molecular complexity index is 746. The lowest BCUT2D eigenvalue weighted by atomic mass is 10.1. The van der Waals surface area contributed by atoms with Gasteiger partial charge in [-0.2, -0.15) is 13.2 Å². The van der Waals surface area contributed by atoms with Gasteiger partial charge in [-0.25, -0.2) is 4.99 Å². The molecule has 0 atom stereocenters. The smallest absolute Gasteiger partial charge is 0.359 e. The maximum atomic E-state index is 12.7. The summed E-state index contributed by atoms with van der Waals surface area (Å²) in [7, 11) is 0. The minimum Gasteiger partial charge on any atom is -0.359 e. The molecule has 0 bridgehead atoms. The van der Waals surface area contributed by atoms with E-state index in [0.717, 1.165) is 22.3 Å². The van der Waals surface area contributed by atoms with Crippen LogP contribution < -0.4 is 0 Å². The van der Waals surface area contributed by atoms with Gasteiger partial charge in [0, 0.05) is 21.8 Å². The summed E-state index contributed by atoms with van der Waals surface area (Å²) >= 11 is 1.47. The first-order chi connectivity index (χ1) is 9.95. The number of aromatic nitrogens is 1. The topological polar surface area (TPSA) is 28.1 Å². The highest BCUT2D eigenvalue weighted by Crippen LogP contribution is 2.34. The van der Waals surface area contributed by atoms with Crippen LogP contribution in [0.3, 0.4) is 0 Å². The Kier molecular flexibility index (Phi) is 3.33. The third kappa shape index (κ3) is 2.71. The number of nitrogens with zero attached hydrogens (tertiary/aromatic N) is 1. The van der Waals surface area contributed by atoms with Gasteiger partial charge in [-0.15, -0.1) is 11.3 Å². The Balaban J connectivity index is 2.16. The van der Waals surface area contributed by atoms with Crippen LogP contribution in [-0.4, -0.2) is 16.9 Å². The van der Waals surface area contributed by atoms with Crippen molar-refractivity contribution in [1.29, 1.82) is 0 Å². The molecule has 6 heteroatoms.